The summed E-state index contributed by atoms with van der Waals surface area (Å²) in [5.74, 6) is -4.24. The van der Waals surface area contributed by atoms with E-state index in [9.17, 15) is 18.0 Å². The van der Waals surface area contributed by atoms with Gasteiger partial charge in [0.1, 0.15) is 0 Å². The monoisotopic (exact) mass is 371 g/mol. The maximum atomic E-state index is 13.5. The molecule has 3 rings (SSSR count). The van der Waals surface area contributed by atoms with Gasteiger partial charge in [-0.15, -0.1) is 10.2 Å². The third-order valence-electron chi connectivity index (χ3n) is 4.01. The van der Waals surface area contributed by atoms with Crippen LogP contribution in [0.4, 0.5) is 18.9 Å². The van der Waals surface area contributed by atoms with Crippen molar-refractivity contribution in [2.75, 3.05) is 11.1 Å². The molecule has 1 saturated carbocycles. The highest BCUT2D eigenvalue weighted by Gasteiger charge is 2.22. The molecule has 0 spiro atoms. The van der Waals surface area contributed by atoms with Crippen molar-refractivity contribution in [2.24, 2.45) is 0 Å². The molecule has 1 aliphatic rings. The van der Waals surface area contributed by atoms with E-state index in [1.54, 1.807) is 0 Å². The molecule has 25 heavy (non-hydrogen) atoms. The Bertz CT molecular complexity index is 763. The Kier molecular flexibility index (Phi) is 5.62. The van der Waals surface area contributed by atoms with Crippen LogP contribution in [0.2, 0.25) is 0 Å². The molecule has 1 fully saturated rings. The topological polar surface area (TPSA) is 68.0 Å². The lowest BCUT2D eigenvalue weighted by atomic mass is 9.89. The Morgan fingerprint density at radius 3 is 2.68 bits per heavy atom. The number of nitrogens with one attached hydrogen (secondary N) is 1. The van der Waals surface area contributed by atoms with Crippen molar-refractivity contribution >= 4 is 23.4 Å². The first-order valence-electron chi connectivity index (χ1n) is 7.94. The highest BCUT2D eigenvalue weighted by molar-refractivity contribution is 7.99. The minimum absolute atomic E-state index is 0.120. The molecule has 0 saturated heterocycles. The second-order valence-electron chi connectivity index (χ2n) is 5.80. The maximum Gasteiger partial charge on any atom is 0.277 e. The molecule has 134 valence electrons. The third-order valence-corrected chi connectivity index (χ3v) is 4.83. The van der Waals surface area contributed by atoms with Crippen LogP contribution in [-0.4, -0.2) is 21.9 Å². The number of thioether (sulfide) groups is 1. The molecular formula is C16H16F3N3O2S. The van der Waals surface area contributed by atoms with Crippen LogP contribution in [0.5, 0.6) is 0 Å². The van der Waals surface area contributed by atoms with Gasteiger partial charge in [-0.2, -0.15) is 0 Å². The molecule has 0 atom stereocenters. The van der Waals surface area contributed by atoms with Crippen LogP contribution in [-0.2, 0) is 4.79 Å². The SMILES string of the molecule is O=C(CSc1nnc(C2CCCCC2)o1)Nc1ccc(F)c(F)c1F. The minimum Gasteiger partial charge on any atom is -0.416 e. The number of benzene rings is 1. The van der Waals surface area contributed by atoms with E-state index in [2.05, 4.69) is 15.5 Å². The molecule has 1 aliphatic carbocycles. The summed E-state index contributed by atoms with van der Waals surface area (Å²) < 4.78 is 45.1. The lowest BCUT2D eigenvalue weighted by Crippen LogP contribution is -2.15. The number of carbonyl (C=O) groups is 1. The van der Waals surface area contributed by atoms with Crippen LogP contribution in [0.1, 0.15) is 43.9 Å². The van der Waals surface area contributed by atoms with E-state index in [0.717, 1.165) is 49.6 Å². The summed E-state index contributed by atoms with van der Waals surface area (Å²) in [5, 5.41) is 10.4. The van der Waals surface area contributed by atoms with Crippen LogP contribution in [0, 0.1) is 17.5 Å². The van der Waals surface area contributed by atoms with E-state index in [0.29, 0.717) is 5.89 Å². The van der Waals surface area contributed by atoms with E-state index >= 15 is 0 Å². The summed E-state index contributed by atoms with van der Waals surface area (Å²) in [6.07, 6.45) is 5.52. The number of halogens is 3. The van der Waals surface area contributed by atoms with Gasteiger partial charge in [-0.1, -0.05) is 31.0 Å². The molecule has 2 aromatic rings. The highest BCUT2D eigenvalue weighted by Crippen LogP contribution is 2.33. The second-order valence-corrected chi connectivity index (χ2v) is 6.73. The number of nitrogens with zero attached hydrogens (tertiary/aromatic N) is 2. The van der Waals surface area contributed by atoms with Gasteiger partial charge in [0.05, 0.1) is 11.4 Å². The van der Waals surface area contributed by atoms with Crippen LogP contribution < -0.4 is 5.32 Å². The third kappa shape index (κ3) is 4.33. The van der Waals surface area contributed by atoms with Crippen LogP contribution in [0.25, 0.3) is 0 Å². The number of anilines is 1. The van der Waals surface area contributed by atoms with Gasteiger partial charge in [0, 0.05) is 5.92 Å². The molecule has 0 radical (unpaired) electrons. The van der Waals surface area contributed by atoms with Gasteiger partial charge < -0.3 is 9.73 Å². The summed E-state index contributed by atoms with van der Waals surface area (Å²) in [6, 6.07) is 1.71. The summed E-state index contributed by atoms with van der Waals surface area (Å²) in [4.78, 5) is 11.8. The van der Waals surface area contributed by atoms with Gasteiger partial charge in [-0.3, -0.25) is 4.79 Å². The Hall–Kier alpha value is -2.03. The normalized spacial score (nSPS) is 15.3. The van der Waals surface area contributed by atoms with E-state index in [1.165, 1.54) is 6.42 Å². The number of hydrogen-bond donors (Lipinski definition) is 1. The minimum atomic E-state index is -1.63. The van der Waals surface area contributed by atoms with Gasteiger partial charge in [-0.05, 0) is 25.0 Å². The lowest BCUT2D eigenvalue weighted by molar-refractivity contribution is -0.113. The zero-order valence-corrected chi connectivity index (χ0v) is 14.0. The smallest absolute Gasteiger partial charge is 0.277 e. The number of amides is 1. The van der Waals surface area contributed by atoms with Crippen molar-refractivity contribution in [3.05, 3.63) is 35.5 Å². The first-order chi connectivity index (χ1) is 12.0. The van der Waals surface area contributed by atoms with Crippen molar-refractivity contribution in [1.29, 1.82) is 0 Å². The number of aromatic nitrogens is 2. The molecule has 1 aromatic heterocycles. The summed E-state index contributed by atoms with van der Waals surface area (Å²) in [6.45, 7) is 0. The quantitative estimate of drug-likeness (QED) is 0.628. The van der Waals surface area contributed by atoms with E-state index < -0.39 is 29.0 Å². The zero-order valence-electron chi connectivity index (χ0n) is 13.2. The van der Waals surface area contributed by atoms with E-state index in [1.807, 2.05) is 0 Å². The Labute approximate surface area is 146 Å². The molecule has 1 heterocycles. The molecule has 1 N–H and O–H groups in total. The fraction of sp³-hybridized carbons (Fsp3) is 0.438. The maximum absolute atomic E-state index is 13.5. The largest absolute Gasteiger partial charge is 0.416 e. The second kappa shape index (κ2) is 7.90. The first kappa shape index (κ1) is 17.8. The van der Waals surface area contributed by atoms with Crippen molar-refractivity contribution in [2.45, 2.75) is 43.2 Å². The number of carbonyl (C=O) groups excluding carboxylic acids is 1. The van der Waals surface area contributed by atoms with Gasteiger partial charge in [0.2, 0.25) is 11.8 Å². The summed E-state index contributed by atoms with van der Waals surface area (Å²) >= 11 is 1.00. The average molecular weight is 371 g/mol. The highest BCUT2D eigenvalue weighted by atomic mass is 32.2. The van der Waals surface area contributed by atoms with Gasteiger partial charge in [0.15, 0.2) is 17.5 Å². The first-order valence-corrected chi connectivity index (χ1v) is 8.92. The van der Waals surface area contributed by atoms with Crippen LogP contribution in [0.3, 0.4) is 0 Å². The fourth-order valence-corrected chi connectivity index (χ4v) is 3.30. The summed E-state index contributed by atoms with van der Waals surface area (Å²) in [7, 11) is 0. The van der Waals surface area contributed by atoms with Gasteiger partial charge >= 0.3 is 0 Å². The van der Waals surface area contributed by atoms with Crippen LogP contribution in [0.15, 0.2) is 21.8 Å². The predicted molar refractivity (Wildman–Crippen MR) is 85.8 cm³/mol. The van der Waals surface area contributed by atoms with Crippen molar-refractivity contribution in [1.82, 2.24) is 10.2 Å². The van der Waals surface area contributed by atoms with E-state index in [-0.39, 0.29) is 16.9 Å². The average Bonchev–Trinajstić information content (AvgIpc) is 3.10. The van der Waals surface area contributed by atoms with E-state index in [4.69, 9.17) is 4.42 Å². The molecule has 9 heteroatoms. The standard InChI is InChI=1S/C16H16F3N3O2S/c17-10-6-7-11(14(19)13(10)18)20-12(23)8-25-16-22-21-15(24-16)9-4-2-1-3-5-9/h6-7,9H,1-5,8H2,(H,20,23). The molecule has 0 bridgehead atoms. The van der Waals surface area contributed by atoms with Gasteiger partial charge in [-0.25, -0.2) is 13.2 Å². The van der Waals surface area contributed by atoms with Crippen molar-refractivity contribution < 1.29 is 22.4 Å². The Morgan fingerprint density at radius 2 is 1.92 bits per heavy atom. The molecule has 5 nitrogen and oxygen atoms in total. The van der Waals surface area contributed by atoms with Crippen LogP contribution >= 0.6 is 11.8 Å². The van der Waals surface area contributed by atoms with Crippen molar-refractivity contribution in [3.63, 3.8) is 0 Å². The Balaban J connectivity index is 1.54. The molecule has 1 aromatic carbocycles. The predicted octanol–water partition coefficient (Wildman–Crippen LogP) is 4.27. The molecule has 0 aliphatic heterocycles. The van der Waals surface area contributed by atoms with Crippen molar-refractivity contribution in [3.8, 4) is 0 Å². The Morgan fingerprint density at radius 1 is 1.16 bits per heavy atom. The molecular weight excluding hydrogens is 355 g/mol. The lowest BCUT2D eigenvalue weighted by Gasteiger charge is -2.17. The van der Waals surface area contributed by atoms with Gasteiger partial charge in [0.25, 0.3) is 5.22 Å². The number of hydrogen-bond acceptors (Lipinski definition) is 5. The molecule has 0 unspecified atom stereocenters. The molecule has 1 amide bonds. The summed E-state index contributed by atoms with van der Waals surface area (Å²) in [5.41, 5.74) is -0.419. The fourth-order valence-electron chi connectivity index (χ4n) is 2.73. The zero-order chi connectivity index (χ0) is 17.8. The number of rotatable bonds is 5.